The van der Waals surface area contributed by atoms with Gasteiger partial charge in [-0.15, -0.1) is 4.99 Å². The molecule has 0 atom stereocenters. The molecule has 4 nitrogen and oxygen atoms in total. The van der Waals surface area contributed by atoms with E-state index in [2.05, 4.69) is 25.8 Å². The molecule has 0 unspecified atom stereocenters. The SMILES string of the molecule is CC(C)(C)N1[CH]N(c2ccccc2)C(N=C=O)=C1. The molecule has 2 rings (SSSR count). The standard InChI is InChI=1S/C14H16N3O/c1-14(2,3)16-9-13(15-10-18)17(11-16)12-7-5-4-6-8-12/h4-9,11H,1-3H3. The van der Waals surface area contributed by atoms with Crippen LogP contribution in [0.5, 0.6) is 0 Å². The quantitative estimate of drug-likeness (QED) is 0.591. The van der Waals surface area contributed by atoms with Crippen LogP contribution in [0.1, 0.15) is 20.8 Å². The first-order valence-electron chi connectivity index (χ1n) is 5.80. The molecular formula is C14H16N3O. The molecule has 18 heavy (non-hydrogen) atoms. The van der Waals surface area contributed by atoms with Crippen LogP contribution in [0.15, 0.2) is 47.3 Å². The van der Waals surface area contributed by atoms with Crippen molar-refractivity contribution in [3.63, 3.8) is 0 Å². The van der Waals surface area contributed by atoms with Crippen molar-refractivity contribution >= 4 is 11.8 Å². The van der Waals surface area contributed by atoms with E-state index < -0.39 is 0 Å². The summed E-state index contributed by atoms with van der Waals surface area (Å²) in [6, 6.07) is 9.79. The molecule has 4 heteroatoms. The molecule has 0 fully saturated rings. The van der Waals surface area contributed by atoms with Crippen LogP contribution in [0.2, 0.25) is 0 Å². The first kappa shape index (κ1) is 12.4. The fraction of sp³-hybridized carbons (Fsp3) is 0.286. The Morgan fingerprint density at radius 1 is 1.17 bits per heavy atom. The number of isocyanates is 1. The third-order valence-electron chi connectivity index (χ3n) is 2.71. The van der Waals surface area contributed by atoms with Gasteiger partial charge < -0.3 is 4.90 Å². The van der Waals surface area contributed by atoms with Gasteiger partial charge in [-0.25, -0.2) is 4.79 Å². The Balaban J connectivity index is 2.33. The molecule has 0 N–H and O–H groups in total. The van der Waals surface area contributed by atoms with Gasteiger partial charge in [0.1, 0.15) is 6.67 Å². The van der Waals surface area contributed by atoms with Crippen LogP contribution in [0, 0.1) is 6.67 Å². The zero-order chi connectivity index (χ0) is 13.2. The lowest BCUT2D eigenvalue weighted by Crippen LogP contribution is -2.35. The lowest BCUT2D eigenvalue weighted by Gasteiger charge is -2.32. The predicted octanol–water partition coefficient (Wildman–Crippen LogP) is 2.86. The monoisotopic (exact) mass is 242 g/mol. The Bertz CT molecular complexity index is 496. The maximum absolute atomic E-state index is 10.5. The normalized spacial score (nSPS) is 15.4. The Kier molecular flexibility index (Phi) is 3.21. The van der Waals surface area contributed by atoms with E-state index in [9.17, 15) is 4.79 Å². The number of hydrogen-bond donors (Lipinski definition) is 0. The third-order valence-corrected chi connectivity index (χ3v) is 2.71. The van der Waals surface area contributed by atoms with Gasteiger partial charge in [-0.3, -0.25) is 4.90 Å². The maximum atomic E-state index is 10.5. The second kappa shape index (κ2) is 4.67. The minimum absolute atomic E-state index is 0.0623. The molecule has 1 aliphatic heterocycles. The number of hydrogen-bond acceptors (Lipinski definition) is 4. The molecule has 0 spiro atoms. The van der Waals surface area contributed by atoms with Crippen LogP contribution in [0.3, 0.4) is 0 Å². The Morgan fingerprint density at radius 2 is 1.83 bits per heavy atom. The minimum Gasteiger partial charge on any atom is -0.345 e. The molecule has 0 amide bonds. The van der Waals surface area contributed by atoms with E-state index in [1.807, 2.05) is 53.0 Å². The van der Waals surface area contributed by atoms with E-state index in [0.29, 0.717) is 5.82 Å². The third kappa shape index (κ3) is 2.44. The number of para-hydroxylation sites is 1. The van der Waals surface area contributed by atoms with Crippen LogP contribution in [-0.4, -0.2) is 16.5 Å². The van der Waals surface area contributed by atoms with Crippen molar-refractivity contribution in [3.8, 4) is 0 Å². The van der Waals surface area contributed by atoms with Gasteiger partial charge in [-0.1, -0.05) is 18.2 Å². The van der Waals surface area contributed by atoms with Crippen molar-refractivity contribution < 1.29 is 4.79 Å². The highest BCUT2D eigenvalue weighted by molar-refractivity contribution is 5.57. The van der Waals surface area contributed by atoms with Crippen LogP contribution in [0.25, 0.3) is 0 Å². The summed E-state index contributed by atoms with van der Waals surface area (Å²) in [7, 11) is 0. The fourth-order valence-electron chi connectivity index (χ4n) is 1.69. The number of benzene rings is 1. The topological polar surface area (TPSA) is 35.9 Å². The molecule has 0 saturated carbocycles. The number of nitrogens with zero attached hydrogens (tertiary/aromatic N) is 3. The van der Waals surface area contributed by atoms with Crippen LogP contribution >= 0.6 is 0 Å². The number of aliphatic imine (C=N–C) groups is 1. The van der Waals surface area contributed by atoms with Gasteiger partial charge in [0.25, 0.3) is 0 Å². The van der Waals surface area contributed by atoms with Crippen molar-refractivity contribution in [1.29, 1.82) is 0 Å². The summed E-state index contributed by atoms with van der Waals surface area (Å²) in [4.78, 5) is 18.2. The summed E-state index contributed by atoms with van der Waals surface area (Å²) < 4.78 is 0. The lowest BCUT2D eigenvalue weighted by molar-refractivity contribution is 0.259. The Morgan fingerprint density at radius 3 is 2.39 bits per heavy atom. The lowest BCUT2D eigenvalue weighted by atomic mass is 10.1. The van der Waals surface area contributed by atoms with Gasteiger partial charge in [0, 0.05) is 17.4 Å². The number of anilines is 1. The second-order valence-electron chi connectivity index (χ2n) is 5.09. The Hall–Kier alpha value is -2.06. The smallest absolute Gasteiger partial charge is 0.242 e. The van der Waals surface area contributed by atoms with Crippen LogP contribution in [-0.2, 0) is 4.79 Å². The van der Waals surface area contributed by atoms with Gasteiger partial charge in [0.15, 0.2) is 5.82 Å². The molecule has 1 aliphatic rings. The molecule has 1 heterocycles. The van der Waals surface area contributed by atoms with Crippen molar-refractivity contribution in [2.75, 3.05) is 4.90 Å². The maximum Gasteiger partial charge on any atom is 0.242 e. The number of carbonyl (C=O) groups excluding carboxylic acids is 1. The van der Waals surface area contributed by atoms with Gasteiger partial charge in [-0.05, 0) is 32.9 Å². The summed E-state index contributed by atoms with van der Waals surface area (Å²) in [5, 5.41) is 0. The molecular weight excluding hydrogens is 226 g/mol. The van der Waals surface area contributed by atoms with E-state index in [0.717, 1.165) is 5.69 Å². The van der Waals surface area contributed by atoms with Gasteiger partial charge in [0.05, 0.1) is 0 Å². The largest absolute Gasteiger partial charge is 0.345 e. The molecule has 0 saturated heterocycles. The first-order valence-corrected chi connectivity index (χ1v) is 5.80. The average molecular weight is 242 g/mol. The fourth-order valence-corrected chi connectivity index (χ4v) is 1.69. The molecule has 1 aromatic carbocycles. The molecule has 1 aromatic rings. The van der Waals surface area contributed by atoms with E-state index in [4.69, 9.17) is 0 Å². The van der Waals surface area contributed by atoms with E-state index in [1.54, 1.807) is 6.08 Å². The highest BCUT2D eigenvalue weighted by Gasteiger charge is 2.29. The van der Waals surface area contributed by atoms with Crippen LogP contribution < -0.4 is 4.90 Å². The summed E-state index contributed by atoms with van der Waals surface area (Å²) in [6.45, 7) is 8.22. The zero-order valence-corrected chi connectivity index (χ0v) is 10.8. The van der Waals surface area contributed by atoms with Crippen molar-refractivity contribution in [2.24, 2.45) is 4.99 Å². The van der Waals surface area contributed by atoms with E-state index >= 15 is 0 Å². The van der Waals surface area contributed by atoms with Crippen LogP contribution in [0.4, 0.5) is 5.69 Å². The van der Waals surface area contributed by atoms with Gasteiger partial charge in [0.2, 0.25) is 6.08 Å². The molecule has 0 bridgehead atoms. The van der Waals surface area contributed by atoms with E-state index in [-0.39, 0.29) is 5.54 Å². The highest BCUT2D eigenvalue weighted by atomic mass is 16.1. The summed E-state index contributed by atoms with van der Waals surface area (Å²) >= 11 is 0. The van der Waals surface area contributed by atoms with Gasteiger partial charge in [-0.2, -0.15) is 0 Å². The molecule has 0 aliphatic carbocycles. The second-order valence-corrected chi connectivity index (χ2v) is 5.09. The number of rotatable bonds is 2. The van der Waals surface area contributed by atoms with Crippen molar-refractivity contribution in [2.45, 2.75) is 26.3 Å². The molecule has 1 radical (unpaired) electrons. The predicted molar refractivity (Wildman–Crippen MR) is 71.0 cm³/mol. The molecule has 93 valence electrons. The van der Waals surface area contributed by atoms with E-state index in [1.165, 1.54) is 0 Å². The summed E-state index contributed by atoms with van der Waals surface area (Å²) in [5.41, 5.74) is 0.905. The van der Waals surface area contributed by atoms with Gasteiger partial charge >= 0.3 is 0 Å². The highest BCUT2D eigenvalue weighted by Crippen LogP contribution is 2.31. The summed E-state index contributed by atoms with van der Waals surface area (Å²) in [6.07, 6.45) is 3.44. The first-order chi connectivity index (χ1) is 8.52. The summed E-state index contributed by atoms with van der Waals surface area (Å²) in [5.74, 6) is 0.575. The molecule has 0 aromatic heterocycles. The van der Waals surface area contributed by atoms with Crippen molar-refractivity contribution in [1.82, 2.24) is 4.90 Å². The Labute approximate surface area is 107 Å². The minimum atomic E-state index is -0.0623. The van der Waals surface area contributed by atoms with Crippen molar-refractivity contribution in [3.05, 3.63) is 49.0 Å². The average Bonchev–Trinajstić information content (AvgIpc) is 2.75. The zero-order valence-electron chi connectivity index (χ0n) is 10.8.